The molecule has 1 saturated heterocycles. The van der Waals surface area contributed by atoms with Crippen molar-refractivity contribution in [1.29, 1.82) is 0 Å². The standard InChI is InChI=1S/C18H25F3N4O4/c1-9-13(26)14(27)17(29-9)25-8-24-12-15(25)22-7-23-16(12)28-6-10-4-2-3-5-11(10)18(19,20)21/h7,9-11,13-14,17,24,26-27H,2-6,8H2,1H3/t9-,10?,11?,13-,14-,17-/m1/s1. The van der Waals surface area contributed by atoms with Gasteiger partial charge in [0.05, 0.1) is 25.3 Å². The molecule has 3 aliphatic rings. The second-order valence-electron chi connectivity index (χ2n) is 7.90. The number of hydrogen-bond donors (Lipinski definition) is 3. The molecule has 3 heterocycles. The molecule has 2 fully saturated rings. The van der Waals surface area contributed by atoms with E-state index in [0.29, 0.717) is 24.3 Å². The summed E-state index contributed by atoms with van der Waals surface area (Å²) in [6, 6.07) is 0. The lowest BCUT2D eigenvalue weighted by atomic mass is 9.79. The SMILES string of the molecule is C[C@H]1O[C@@H](N2CNc3c(OCC4CCCCC4C(F)(F)F)ncnc32)[C@H](O)[C@@H]1O. The maximum Gasteiger partial charge on any atom is 0.392 e. The van der Waals surface area contributed by atoms with Crippen LogP contribution < -0.4 is 15.0 Å². The van der Waals surface area contributed by atoms with Crippen LogP contribution in [0.4, 0.5) is 24.7 Å². The predicted octanol–water partition coefficient (Wildman–Crippen LogP) is 1.88. The summed E-state index contributed by atoms with van der Waals surface area (Å²) in [4.78, 5) is 9.91. The van der Waals surface area contributed by atoms with Gasteiger partial charge in [-0.05, 0) is 19.8 Å². The van der Waals surface area contributed by atoms with Gasteiger partial charge >= 0.3 is 6.18 Å². The van der Waals surface area contributed by atoms with Crippen LogP contribution in [-0.2, 0) is 4.74 Å². The fraction of sp³-hybridized carbons (Fsp3) is 0.778. The van der Waals surface area contributed by atoms with Crippen LogP contribution in [0.3, 0.4) is 0 Å². The molecule has 1 aromatic rings. The highest BCUT2D eigenvalue weighted by atomic mass is 19.4. The Kier molecular flexibility index (Phi) is 5.47. The molecule has 2 unspecified atom stereocenters. The molecule has 29 heavy (non-hydrogen) atoms. The van der Waals surface area contributed by atoms with Gasteiger partial charge in [0, 0.05) is 5.92 Å². The zero-order valence-corrected chi connectivity index (χ0v) is 16.0. The monoisotopic (exact) mass is 418 g/mol. The van der Waals surface area contributed by atoms with Crippen LogP contribution in [0, 0.1) is 11.8 Å². The van der Waals surface area contributed by atoms with E-state index in [1.807, 2.05) is 0 Å². The summed E-state index contributed by atoms with van der Waals surface area (Å²) in [5.41, 5.74) is 0.441. The molecule has 0 amide bonds. The van der Waals surface area contributed by atoms with Crippen molar-refractivity contribution >= 4 is 11.5 Å². The molecule has 4 rings (SSSR count). The molecule has 2 aliphatic heterocycles. The molecule has 8 nitrogen and oxygen atoms in total. The van der Waals surface area contributed by atoms with E-state index < -0.39 is 42.6 Å². The quantitative estimate of drug-likeness (QED) is 0.682. The third-order valence-electron chi connectivity index (χ3n) is 6.04. The molecule has 11 heteroatoms. The zero-order valence-electron chi connectivity index (χ0n) is 16.0. The Labute approximate surface area is 166 Å². The minimum absolute atomic E-state index is 0.0758. The Balaban J connectivity index is 1.48. The third-order valence-corrected chi connectivity index (χ3v) is 6.04. The summed E-state index contributed by atoms with van der Waals surface area (Å²) < 4.78 is 51.2. The number of rotatable bonds is 4. The van der Waals surface area contributed by atoms with E-state index in [4.69, 9.17) is 9.47 Å². The van der Waals surface area contributed by atoms with Gasteiger partial charge in [-0.3, -0.25) is 0 Å². The summed E-state index contributed by atoms with van der Waals surface area (Å²) >= 11 is 0. The van der Waals surface area contributed by atoms with Crippen molar-refractivity contribution in [2.45, 2.75) is 63.3 Å². The Morgan fingerprint density at radius 2 is 2.00 bits per heavy atom. The number of fused-ring (bicyclic) bond motifs is 1. The van der Waals surface area contributed by atoms with Gasteiger partial charge in [0.25, 0.3) is 0 Å². The van der Waals surface area contributed by atoms with Crippen LogP contribution in [0.25, 0.3) is 0 Å². The first-order valence-corrected chi connectivity index (χ1v) is 9.84. The summed E-state index contributed by atoms with van der Waals surface area (Å²) in [5.74, 6) is -1.38. The molecule has 6 atom stereocenters. The van der Waals surface area contributed by atoms with E-state index in [9.17, 15) is 23.4 Å². The second kappa shape index (κ2) is 7.77. The molecule has 0 aromatic carbocycles. The summed E-state index contributed by atoms with van der Waals surface area (Å²) in [5, 5.41) is 23.2. The Hall–Kier alpha value is -1.85. The van der Waals surface area contributed by atoms with Crippen LogP contribution >= 0.6 is 0 Å². The Bertz CT molecular complexity index is 738. The van der Waals surface area contributed by atoms with Crippen molar-refractivity contribution in [2.24, 2.45) is 11.8 Å². The number of ether oxygens (including phenoxy) is 2. The predicted molar refractivity (Wildman–Crippen MR) is 96.3 cm³/mol. The third kappa shape index (κ3) is 3.82. The number of alkyl halides is 3. The average Bonchev–Trinajstić information content (AvgIpc) is 3.22. The Morgan fingerprint density at radius 1 is 1.24 bits per heavy atom. The van der Waals surface area contributed by atoms with Gasteiger partial charge in [-0.2, -0.15) is 18.2 Å². The largest absolute Gasteiger partial charge is 0.476 e. The van der Waals surface area contributed by atoms with E-state index in [-0.39, 0.29) is 25.6 Å². The average molecular weight is 418 g/mol. The minimum atomic E-state index is -4.23. The first-order valence-electron chi connectivity index (χ1n) is 9.84. The maximum atomic E-state index is 13.3. The minimum Gasteiger partial charge on any atom is -0.476 e. The molecule has 1 aromatic heterocycles. The molecule has 0 spiro atoms. The van der Waals surface area contributed by atoms with Gasteiger partial charge in [0.15, 0.2) is 12.0 Å². The second-order valence-corrected chi connectivity index (χ2v) is 7.90. The Morgan fingerprint density at radius 3 is 2.69 bits per heavy atom. The molecular weight excluding hydrogens is 393 g/mol. The van der Waals surface area contributed by atoms with E-state index in [0.717, 1.165) is 6.42 Å². The summed E-state index contributed by atoms with van der Waals surface area (Å²) in [7, 11) is 0. The normalized spacial score (nSPS) is 34.8. The number of nitrogens with one attached hydrogen (secondary N) is 1. The van der Waals surface area contributed by atoms with Crippen LogP contribution in [-0.4, -0.2) is 64.2 Å². The lowest BCUT2D eigenvalue weighted by Gasteiger charge is -2.32. The lowest BCUT2D eigenvalue weighted by molar-refractivity contribution is -0.199. The fourth-order valence-corrected chi connectivity index (χ4v) is 4.40. The zero-order chi connectivity index (χ0) is 20.8. The van der Waals surface area contributed by atoms with E-state index in [1.165, 1.54) is 6.33 Å². The van der Waals surface area contributed by atoms with Crippen molar-refractivity contribution in [3.05, 3.63) is 6.33 Å². The molecule has 0 bridgehead atoms. The van der Waals surface area contributed by atoms with Crippen LogP contribution in [0.15, 0.2) is 6.33 Å². The number of aliphatic hydroxyl groups is 2. The van der Waals surface area contributed by atoms with E-state index >= 15 is 0 Å². The van der Waals surface area contributed by atoms with Crippen LogP contribution in [0.2, 0.25) is 0 Å². The van der Waals surface area contributed by atoms with Gasteiger partial charge in [-0.1, -0.05) is 12.8 Å². The molecule has 162 valence electrons. The number of aromatic nitrogens is 2. The van der Waals surface area contributed by atoms with Gasteiger partial charge in [0.1, 0.15) is 24.2 Å². The van der Waals surface area contributed by atoms with Crippen LogP contribution in [0.5, 0.6) is 5.88 Å². The first-order chi connectivity index (χ1) is 13.8. The number of aliphatic hydroxyl groups excluding tert-OH is 2. The highest BCUT2D eigenvalue weighted by molar-refractivity contribution is 5.75. The number of hydrogen-bond acceptors (Lipinski definition) is 8. The fourth-order valence-electron chi connectivity index (χ4n) is 4.40. The molecule has 0 radical (unpaired) electrons. The number of nitrogens with zero attached hydrogens (tertiary/aromatic N) is 3. The highest BCUT2D eigenvalue weighted by Gasteiger charge is 2.47. The molecule has 3 N–H and O–H groups in total. The smallest absolute Gasteiger partial charge is 0.392 e. The number of anilines is 2. The molecule has 1 saturated carbocycles. The topological polar surface area (TPSA) is 100.0 Å². The van der Waals surface area contributed by atoms with E-state index in [1.54, 1.807) is 11.8 Å². The van der Waals surface area contributed by atoms with Gasteiger partial charge in [0.2, 0.25) is 5.88 Å². The van der Waals surface area contributed by atoms with Gasteiger partial charge in [-0.25, -0.2) is 4.98 Å². The van der Waals surface area contributed by atoms with Gasteiger partial charge in [-0.15, -0.1) is 0 Å². The van der Waals surface area contributed by atoms with Crippen molar-refractivity contribution in [1.82, 2.24) is 9.97 Å². The van der Waals surface area contributed by atoms with Crippen molar-refractivity contribution < 1.29 is 32.9 Å². The van der Waals surface area contributed by atoms with Crippen molar-refractivity contribution in [2.75, 3.05) is 23.5 Å². The first kappa shape index (κ1) is 20.4. The van der Waals surface area contributed by atoms with Crippen LogP contribution in [0.1, 0.15) is 32.6 Å². The summed E-state index contributed by atoms with van der Waals surface area (Å²) in [6.45, 7) is 1.82. The van der Waals surface area contributed by atoms with E-state index in [2.05, 4.69) is 15.3 Å². The van der Waals surface area contributed by atoms with Gasteiger partial charge < -0.3 is 29.9 Å². The summed E-state index contributed by atoms with van der Waals surface area (Å²) in [6.07, 6.45) is -4.52. The molecule has 1 aliphatic carbocycles. The number of halogens is 3. The van der Waals surface area contributed by atoms with Crippen molar-refractivity contribution in [3.63, 3.8) is 0 Å². The highest BCUT2D eigenvalue weighted by Crippen LogP contribution is 2.43. The van der Waals surface area contributed by atoms with Crippen molar-refractivity contribution in [3.8, 4) is 5.88 Å². The maximum absolute atomic E-state index is 13.3. The lowest BCUT2D eigenvalue weighted by Crippen LogP contribution is -2.44. The molecular formula is C18H25F3N4O4.